The van der Waals surface area contributed by atoms with Crippen LogP contribution in [0.15, 0.2) is 65.1 Å². The molecule has 11 heteroatoms. The van der Waals surface area contributed by atoms with Crippen LogP contribution in [-0.2, 0) is 14.9 Å². The minimum Gasteiger partial charge on any atom is -0.493 e. The number of nitrogens with zero attached hydrogens (tertiary/aromatic N) is 1. The van der Waals surface area contributed by atoms with E-state index in [1.54, 1.807) is 24.3 Å². The Morgan fingerprint density at radius 3 is 2.37 bits per heavy atom. The average molecular weight is 643 g/mol. The largest absolute Gasteiger partial charge is 0.493 e. The Balaban J connectivity index is 1.90. The molecule has 3 aromatic carbocycles. The Morgan fingerprint density at radius 1 is 1.09 bits per heavy atom. The molecule has 0 aromatic heterocycles. The molecule has 1 N–H and O–H groups in total. The fraction of sp³-hybridized carbons (Fsp3) is 0.0833. The monoisotopic (exact) mass is 642 g/mol. The number of carbonyl (C=O) groups is 1. The zero-order valence-corrected chi connectivity index (χ0v) is 22.8. The van der Waals surface area contributed by atoms with Crippen LogP contribution in [-0.4, -0.2) is 21.4 Å². The van der Waals surface area contributed by atoms with Crippen LogP contribution in [0, 0.1) is 21.8 Å². The van der Waals surface area contributed by atoms with Gasteiger partial charge in [-0.25, -0.2) is 0 Å². The van der Waals surface area contributed by atoms with Gasteiger partial charge in [0.15, 0.2) is 11.5 Å². The van der Waals surface area contributed by atoms with Crippen molar-refractivity contribution in [2.45, 2.75) is 11.8 Å². The average Bonchev–Trinajstić information content (AvgIpc) is 2.81. The van der Waals surface area contributed by atoms with Gasteiger partial charge in [0.1, 0.15) is 16.5 Å². The van der Waals surface area contributed by atoms with Gasteiger partial charge in [-0.05, 0) is 83.6 Å². The van der Waals surface area contributed by atoms with E-state index in [1.165, 1.54) is 43.5 Å². The molecule has 0 unspecified atom stereocenters. The quantitative estimate of drug-likeness (QED) is 0.142. The number of nitriles is 1. The van der Waals surface area contributed by atoms with Crippen LogP contribution in [0.3, 0.4) is 0 Å². The van der Waals surface area contributed by atoms with Crippen molar-refractivity contribution < 1.29 is 22.1 Å². The van der Waals surface area contributed by atoms with E-state index in [-0.39, 0.29) is 27.0 Å². The summed E-state index contributed by atoms with van der Waals surface area (Å²) >= 11 is 13.7. The summed E-state index contributed by atoms with van der Waals surface area (Å²) in [7, 11) is -2.76. The summed E-state index contributed by atoms with van der Waals surface area (Å²) in [5.74, 6) is -0.562. The maximum Gasteiger partial charge on any atom is 0.339 e. The van der Waals surface area contributed by atoms with E-state index < -0.39 is 16.0 Å². The van der Waals surface area contributed by atoms with Crippen molar-refractivity contribution in [1.82, 2.24) is 0 Å². The maximum absolute atomic E-state index is 12.7. The first-order valence-corrected chi connectivity index (χ1v) is 13.0. The molecule has 0 saturated carbocycles. The molecule has 0 saturated heterocycles. The Labute approximate surface area is 226 Å². The second-order valence-corrected chi connectivity index (χ2v) is 10.7. The van der Waals surface area contributed by atoms with Gasteiger partial charge >= 0.3 is 10.1 Å². The molecule has 0 spiro atoms. The molecule has 0 heterocycles. The van der Waals surface area contributed by atoms with Crippen LogP contribution in [0.4, 0.5) is 5.69 Å². The highest BCUT2D eigenvalue weighted by molar-refractivity contribution is 14.1. The summed E-state index contributed by atoms with van der Waals surface area (Å²) in [5.41, 5.74) is 1.49. The highest BCUT2D eigenvalue weighted by Crippen LogP contribution is 2.36. The van der Waals surface area contributed by atoms with Crippen molar-refractivity contribution >= 4 is 73.6 Å². The first-order valence-electron chi connectivity index (χ1n) is 9.81. The number of carbonyl (C=O) groups excluding carboxylic acids is 1. The molecule has 7 nitrogen and oxygen atoms in total. The molecule has 0 atom stereocenters. The van der Waals surface area contributed by atoms with Gasteiger partial charge in [-0.3, -0.25) is 4.79 Å². The van der Waals surface area contributed by atoms with Gasteiger partial charge in [-0.2, -0.15) is 13.7 Å². The number of ether oxygens (including phenoxy) is 1. The van der Waals surface area contributed by atoms with Gasteiger partial charge in [-0.1, -0.05) is 40.9 Å². The van der Waals surface area contributed by atoms with Crippen LogP contribution in [0.1, 0.15) is 11.1 Å². The van der Waals surface area contributed by atoms with Crippen molar-refractivity contribution in [3.63, 3.8) is 0 Å². The minimum atomic E-state index is -4.12. The molecule has 0 aliphatic carbocycles. The topological polar surface area (TPSA) is 105 Å². The van der Waals surface area contributed by atoms with Gasteiger partial charge in [0.25, 0.3) is 5.91 Å². The van der Waals surface area contributed by atoms with E-state index in [1.807, 2.05) is 35.6 Å². The molecule has 35 heavy (non-hydrogen) atoms. The first kappa shape index (κ1) is 26.8. The maximum atomic E-state index is 12.7. The lowest BCUT2D eigenvalue weighted by Gasteiger charge is -2.14. The van der Waals surface area contributed by atoms with Gasteiger partial charge in [0.2, 0.25) is 0 Å². The number of halogens is 3. The lowest BCUT2D eigenvalue weighted by molar-refractivity contribution is -0.112. The molecule has 3 aromatic rings. The number of hydrogen-bond acceptors (Lipinski definition) is 6. The third kappa shape index (κ3) is 6.67. The second-order valence-electron chi connectivity index (χ2n) is 7.14. The van der Waals surface area contributed by atoms with E-state index in [4.69, 9.17) is 32.1 Å². The number of benzene rings is 3. The molecule has 0 fully saturated rings. The van der Waals surface area contributed by atoms with Crippen molar-refractivity contribution in [3.05, 3.63) is 84.9 Å². The van der Waals surface area contributed by atoms with Crippen LogP contribution in [0.25, 0.3) is 6.08 Å². The number of hydrogen-bond donors (Lipinski definition) is 1. The second kappa shape index (κ2) is 11.3. The molecule has 1 amide bonds. The van der Waals surface area contributed by atoms with Crippen LogP contribution < -0.4 is 14.2 Å². The molecule has 3 rings (SSSR count). The number of nitrogens with one attached hydrogen (secondary N) is 1. The highest BCUT2D eigenvalue weighted by atomic mass is 127. The van der Waals surface area contributed by atoms with E-state index in [0.717, 1.165) is 5.56 Å². The van der Waals surface area contributed by atoms with Gasteiger partial charge in [-0.15, -0.1) is 0 Å². The standard InChI is InChI=1S/C24H17Cl2IN2O5S/c1-14-3-6-18(7-4-14)35(31,32)34-23-21(27)10-15(11-22(23)33-2)9-16(13-28)24(30)29-17-5-8-19(25)20(26)12-17/h3-12H,1-2H3,(H,29,30)/b16-9-. The summed E-state index contributed by atoms with van der Waals surface area (Å²) < 4.78 is 36.6. The SMILES string of the molecule is COc1cc(/C=C(/C#N)C(=O)Nc2ccc(Cl)c(Cl)c2)cc(I)c1OS(=O)(=O)c1ccc(C)cc1. The lowest BCUT2D eigenvalue weighted by Crippen LogP contribution is -2.13. The first-order chi connectivity index (χ1) is 16.5. The Bertz CT molecular complexity index is 1470. The van der Waals surface area contributed by atoms with Crippen molar-refractivity contribution in [1.29, 1.82) is 5.26 Å². The molecule has 0 aliphatic heterocycles. The molecular formula is C24H17Cl2IN2O5S. The summed E-state index contributed by atoms with van der Waals surface area (Å²) in [6.45, 7) is 1.84. The van der Waals surface area contributed by atoms with Gasteiger partial charge in [0.05, 0.1) is 20.7 Å². The molecule has 180 valence electrons. The highest BCUT2D eigenvalue weighted by Gasteiger charge is 2.22. The Hall–Kier alpha value is -2.78. The van der Waals surface area contributed by atoms with Gasteiger partial charge < -0.3 is 14.2 Å². The van der Waals surface area contributed by atoms with Crippen molar-refractivity contribution in [3.8, 4) is 17.6 Å². The third-order valence-corrected chi connectivity index (χ3v) is 7.38. The predicted molar refractivity (Wildman–Crippen MR) is 143 cm³/mol. The molecule has 0 radical (unpaired) electrons. The zero-order valence-electron chi connectivity index (χ0n) is 18.3. The van der Waals surface area contributed by atoms with E-state index in [0.29, 0.717) is 19.8 Å². The predicted octanol–water partition coefficient (Wildman–Crippen LogP) is 6.23. The van der Waals surface area contributed by atoms with Crippen LogP contribution >= 0.6 is 45.8 Å². The summed E-state index contributed by atoms with van der Waals surface area (Å²) in [6.07, 6.45) is 1.34. The van der Waals surface area contributed by atoms with E-state index in [2.05, 4.69) is 5.32 Å². The van der Waals surface area contributed by atoms with Crippen molar-refractivity contribution in [2.75, 3.05) is 12.4 Å². The number of anilines is 1. The van der Waals surface area contributed by atoms with Gasteiger partial charge in [0, 0.05) is 5.69 Å². The summed E-state index contributed by atoms with van der Waals surface area (Å²) in [4.78, 5) is 12.6. The summed E-state index contributed by atoms with van der Waals surface area (Å²) in [6, 6.07) is 15.6. The molecule has 0 aliphatic rings. The normalized spacial score (nSPS) is 11.5. The number of methoxy groups -OCH3 is 1. The third-order valence-electron chi connectivity index (χ3n) is 4.61. The summed E-state index contributed by atoms with van der Waals surface area (Å²) in [5, 5.41) is 12.7. The molecular weight excluding hydrogens is 626 g/mol. The van der Waals surface area contributed by atoms with E-state index in [9.17, 15) is 18.5 Å². The van der Waals surface area contributed by atoms with Crippen molar-refractivity contribution in [2.24, 2.45) is 0 Å². The number of amides is 1. The number of aryl methyl sites for hydroxylation is 1. The minimum absolute atomic E-state index is 0.00401. The molecule has 0 bridgehead atoms. The fourth-order valence-electron chi connectivity index (χ4n) is 2.85. The fourth-order valence-corrected chi connectivity index (χ4v) is 4.99. The smallest absolute Gasteiger partial charge is 0.339 e. The Morgan fingerprint density at radius 2 is 1.77 bits per heavy atom. The Kier molecular flexibility index (Phi) is 8.66. The van der Waals surface area contributed by atoms with Crippen LogP contribution in [0.2, 0.25) is 10.0 Å². The zero-order chi connectivity index (χ0) is 25.8. The van der Waals surface area contributed by atoms with Crippen LogP contribution in [0.5, 0.6) is 11.5 Å². The lowest BCUT2D eigenvalue weighted by atomic mass is 10.1. The van der Waals surface area contributed by atoms with E-state index >= 15 is 0 Å². The number of rotatable bonds is 7.